The molecule has 4 nitrogen and oxygen atoms in total. The second-order valence-electron chi connectivity index (χ2n) is 3.85. The number of aliphatic imine (C=N–C) groups is 1. The van der Waals surface area contributed by atoms with E-state index in [0.29, 0.717) is 5.84 Å². The molecule has 1 heterocycles. The van der Waals surface area contributed by atoms with Crippen LogP contribution in [-0.2, 0) is 6.54 Å². The third kappa shape index (κ3) is 2.58. The Balaban J connectivity index is 2.39. The second kappa shape index (κ2) is 5.19. The average molecular weight is 251 g/mol. The molecule has 90 valence electrons. The Morgan fingerprint density at radius 2 is 2.35 bits per heavy atom. The van der Waals surface area contributed by atoms with Gasteiger partial charge in [0.25, 0.3) is 0 Å². The fourth-order valence-corrected chi connectivity index (χ4v) is 1.80. The minimum Gasteiger partial charge on any atom is -0.386 e. The van der Waals surface area contributed by atoms with Crippen LogP contribution in [0, 0.1) is 0 Å². The molecule has 0 aliphatic rings. The monoisotopic (exact) mass is 250 g/mol. The van der Waals surface area contributed by atoms with Crippen LogP contribution in [0.5, 0.6) is 0 Å². The fourth-order valence-electron chi connectivity index (χ4n) is 1.74. The summed E-state index contributed by atoms with van der Waals surface area (Å²) in [4.78, 5) is 8.55. The standard InChI is InChI=1S/C12H15ClN4/c1-2-5-17-8-15-10-6-9(3-4-11(10)17)16-12(14)7-13/h3-4,6,8H,2,5,7H2,1H3,(H2,14,16). The summed E-state index contributed by atoms with van der Waals surface area (Å²) in [5, 5.41) is 0. The second-order valence-corrected chi connectivity index (χ2v) is 4.12. The third-order valence-electron chi connectivity index (χ3n) is 2.48. The molecule has 0 saturated carbocycles. The molecule has 17 heavy (non-hydrogen) atoms. The highest BCUT2D eigenvalue weighted by atomic mass is 35.5. The van der Waals surface area contributed by atoms with Gasteiger partial charge in [-0.05, 0) is 24.6 Å². The van der Waals surface area contributed by atoms with E-state index in [2.05, 4.69) is 21.5 Å². The number of hydrogen-bond donors (Lipinski definition) is 1. The van der Waals surface area contributed by atoms with E-state index in [9.17, 15) is 0 Å². The number of hydrogen-bond acceptors (Lipinski definition) is 2. The highest BCUT2D eigenvalue weighted by molar-refractivity contribution is 6.28. The Bertz CT molecular complexity index is 544. The molecule has 1 aromatic carbocycles. The molecule has 2 rings (SSSR count). The van der Waals surface area contributed by atoms with E-state index in [1.807, 2.05) is 24.5 Å². The van der Waals surface area contributed by atoms with Crippen molar-refractivity contribution in [3.05, 3.63) is 24.5 Å². The van der Waals surface area contributed by atoms with Crippen molar-refractivity contribution < 1.29 is 0 Å². The molecule has 0 fully saturated rings. The van der Waals surface area contributed by atoms with Gasteiger partial charge in [-0.25, -0.2) is 9.98 Å². The number of alkyl halides is 1. The molecule has 2 N–H and O–H groups in total. The molecule has 0 aliphatic heterocycles. The van der Waals surface area contributed by atoms with Crippen LogP contribution < -0.4 is 5.73 Å². The molecule has 1 aromatic heterocycles. The maximum absolute atomic E-state index is 5.59. The minimum absolute atomic E-state index is 0.238. The number of rotatable bonds is 4. The molecule has 0 atom stereocenters. The summed E-state index contributed by atoms with van der Waals surface area (Å²) in [6.07, 6.45) is 2.94. The number of halogens is 1. The zero-order valence-electron chi connectivity index (χ0n) is 9.73. The fraction of sp³-hybridized carbons (Fsp3) is 0.333. The van der Waals surface area contributed by atoms with E-state index in [0.717, 1.165) is 29.7 Å². The van der Waals surface area contributed by atoms with Crippen molar-refractivity contribution in [2.45, 2.75) is 19.9 Å². The first-order valence-corrected chi connectivity index (χ1v) is 6.12. The van der Waals surface area contributed by atoms with Gasteiger partial charge in [0.05, 0.1) is 28.9 Å². The number of nitrogens with zero attached hydrogens (tertiary/aromatic N) is 3. The first-order chi connectivity index (χ1) is 8.24. The number of fused-ring (bicyclic) bond motifs is 1. The van der Waals surface area contributed by atoms with Crippen LogP contribution in [0.2, 0.25) is 0 Å². The van der Waals surface area contributed by atoms with Crippen molar-refractivity contribution in [1.82, 2.24) is 9.55 Å². The minimum atomic E-state index is 0.238. The normalized spacial score (nSPS) is 12.2. The van der Waals surface area contributed by atoms with Crippen molar-refractivity contribution in [2.75, 3.05) is 5.88 Å². The van der Waals surface area contributed by atoms with Crippen molar-refractivity contribution in [2.24, 2.45) is 10.7 Å². The number of amidine groups is 1. The summed E-state index contributed by atoms with van der Waals surface area (Å²) in [7, 11) is 0. The Morgan fingerprint density at radius 3 is 3.06 bits per heavy atom. The predicted octanol–water partition coefficient (Wildman–Crippen LogP) is 2.67. The van der Waals surface area contributed by atoms with E-state index < -0.39 is 0 Å². The third-order valence-corrected chi connectivity index (χ3v) is 2.75. The molecular formula is C12H15ClN4. The van der Waals surface area contributed by atoms with Gasteiger partial charge in [0.1, 0.15) is 5.84 Å². The summed E-state index contributed by atoms with van der Waals surface area (Å²) in [6, 6.07) is 5.86. The molecule has 0 spiro atoms. The summed E-state index contributed by atoms with van der Waals surface area (Å²) in [5.41, 5.74) is 8.44. The Labute approximate surface area is 105 Å². The van der Waals surface area contributed by atoms with Gasteiger partial charge in [-0.1, -0.05) is 6.92 Å². The quantitative estimate of drug-likeness (QED) is 0.515. The van der Waals surface area contributed by atoms with Crippen LogP contribution in [-0.4, -0.2) is 21.3 Å². The predicted molar refractivity (Wildman–Crippen MR) is 72.0 cm³/mol. The van der Waals surface area contributed by atoms with Crippen LogP contribution in [0.15, 0.2) is 29.5 Å². The van der Waals surface area contributed by atoms with E-state index >= 15 is 0 Å². The van der Waals surface area contributed by atoms with E-state index in [1.54, 1.807) is 0 Å². The SMILES string of the molecule is CCCn1cnc2cc(N=C(N)CCl)ccc21. The molecule has 0 saturated heterocycles. The van der Waals surface area contributed by atoms with Crippen molar-refractivity contribution >= 4 is 34.2 Å². The Kier molecular flexibility index (Phi) is 3.64. The van der Waals surface area contributed by atoms with Crippen LogP contribution in [0.1, 0.15) is 13.3 Å². The lowest BCUT2D eigenvalue weighted by atomic mass is 10.2. The molecule has 0 unspecified atom stereocenters. The van der Waals surface area contributed by atoms with Gasteiger partial charge in [0.2, 0.25) is 0 Å². The topological polar surface area (TPSA) is 56.2 Å². The van der Waals surface area contributed by atoms with Gasteiger partial charge < -0.3 is 10.3 Å². The summed E-state index contributed by atoms with van der Waals surface area (Å²) in [5.74, 6) is 0.654. The van der Waals surface area contributed by atoms with Gasteiger partial charge in [-0.3, -0.25) is 0 Å². The lowest BCUT2D eigenvalue weighted by molar-refractivity contribution is 0.697. The van der Waals surface area contributed by atoms with Crippen molar-refractivity contribution in [3.8, 4) is 0 Å². The average Bonchev–Trinajstić information content (AvgIpc) is 2.72. The van der Waals surface area contributed by atoms with Crippen molar-refractivity contribution in [1.29, 1.82) is 0 Å². The zero-order chi connectivity index (χ0) is 12.3. The lowest BCUT2D eigenvalue weighted by Crippen LogP contribution is -2.12. The molecule has 0 bridgehead atoms. The van der Waals surface area contributed by atoms with Crippen LogP contribution in [0.25, 0.3) is 11.0 Å². The summed E-state index contributed by atoms with van der Waals surface area (Å²) in [6.45, 7) is 3.12. The van der Waals surface area contributed by atoms with Gasteiger partial charge in [0.15, 0.2) is 0 Å². The van der Waals surface area contributed by atoms with Gasteiger partial charge in [-0.2, -0.15) is 0 Å². The van der Waals surface area contributed by atoms with Crippen molar-refractivity contribution in [3.63, 3.8) is 0 Å². The van der Waals surface area contributed by atoms with Crippen LogP contribution >= 0.6 is 11.6 Å². The number of aromatic nitrogens is 2. The molecule has 0 aliphatic carbocycles. The molecule has 2 aromatic rings. The Morgan fingerprint density at radius 1 is 1.53 bits per heavy atom. The summed E-state index contributed by atoms with van der Waals surface area (Å²) >= 11 is 5.59. The number of imidazole rings is 1. The molecular weight excluding hydrogens is 236 g/mol. The van der Waals surface area contributed by atoms with Crippen LogP contribution in [0.4, 0.5) is 5.69 Å². The smallest absolute Gasteiger partial charge is 0.115 e. The van der Waals surface area contributed by atoms with Gasteiger partial charge in [0, 0.05) is 6.54 Å². The summed E-state index contributed by atoms with van der Waals surface area (Å²) < 4.78 is 2.13. The maximum atomic E-state index is 5.59. The van der Waals surface area contributed by atoms with Crippen LogP contribution in [0.3, 0.4) is 0 Å². The highest BCUT2D eigenvalue weighted by Crippen LogP contribution is 2.20. The van der Waals surface area contributed by atoms with Gasteiger partial charge in [-0.15, -0.1) is 11.6 Å². The van der Waals surface area contributed by atoms with E-state index in [-0.39, 0.29) is 5.88 Å². The molecule has 5 heteroatoms. The number of nitrogens with two attached hydrogens (primary N) is 1. The molecule has 0 radical (unpaired) electrons. The first-order valence-electron chi connectivity index (χ1n) is 5.58. The molecule has 0 amide bonds. The largest absolute Gasteiger partial charge is 0.386 e. The zero-order valence-corrected chi connectivity index (χ0v) is 10.5. The maximum Gasteiger partial charge on any atom is 0.115 e. The van der Waals surface area contributed by atoms with E-state index in [1.165, 1.54) is 0 Å². The highest BCUT2D eigenvalue weighted by Gasteiger charge is 2.02. The number of benzene rings is 1. The lowest BCUT2D eigenvalue weighted by Gasteiger charge is -2.01. The number of aryl methyl sites for hydroxylation is 1. The van der Waals surface area contributed by atoms with Gasteiger partial charge >= 0.3 is 0 Å². The van der Waals surface area contributed by atoms with E-state index in [4.69, 9.17) is 17.3 Å². The Hall–Kier alpha value is -1.55. The first kappa shape index (κ1) is 11.9.